The number of nitrogens with one attached hydrogen (secondary N) is 6. The van der Waals surface area contributed by atoms with Crippen molar-refractivity contribution >= 4 is 52.8 Å². The van der Waals surface area contributed by atoms with Gasteiger partial charge in [0, 0.05) is 26.2 Å². The summed E-state index contributed by atoms with van der Waals surface area (Å²) in [6, 6.07) is 15.0. The molecule has 0 saturated heterocycles. The van der Waals surface area contributed by atoms with Gasteiger partial charge in [0.2, 0.25) is 35.3 Å². The summed E-state index contributed by atoms with van der Waals surface area (Å²) in [5.41, 5.74) is 7.39. The summed E-state index contributed by atoms with van der Waals surface area (Å²) in [6.07, 6.45) is 1.45. The molecule has 9 N–H and O–H groups in total. The van der Waals surface area contributed by atoms with Gasteiger partial charge in [0.05, 0.1) is 31.4 Å². The summed E-state index contributed by atoms with van der Waals surface area (Å²) in [7, 11) is 3.50. The van der Waals surface area contributed by atoms with Crippen LogP contribution >= 0.6 is 0 Å². The standard InChI is InChI=1S/C51H72N8O10/c1-10-11-24-36(42(61)44(52)62)53-46(64)37(26-31(2)3)55-50(68)43(51(5,6)7)58-47(65)38(27-34-22-16-15-19-32(34)4)54-49(67)40(30-69-29-33-20-13-12-14-21-33)57-48(66)39(28-60)56-45(63)35-23-17-18-25-41(35)59(8)9/h12-23,25,31,36-40,43,60H,10-11,24,26-30H2,1-9H3,(H2,52,62)(H,53,64)(H,54,67)(H,55,68)(H,56,63)(H,57,66)(H,58,65)/t36-,37-,38-,39-,40+,43+/m0/s1. The molecule has 0 fully saturated rings. The number of carbonyl (C=O) groups is 8. The number of ketones is 1. The summed E-state index contributed by atoms with van der Waals surface area (Å²) < 4.78 is 5.92. The van der Waals surface area contributed by atoms with E-state index in [4.69, 9.17) is 10.5 Å². The van der Waals surface area contributed by atoms with Crippen LogP contribution in [0.2, 0.25) is 0 Å². The Morgan fingerprint density at radius 2 is 1.23 bits per heavy atom. The van der Waals surface area contributed by atoms with Crippen LogP contribution in [0.1, 0.15) is 94.3 Å². The molecule has 0 spiro atoms. The van der Waals surface area contributed by atoms with E-state index >= 15 is 0 Å². The summed E-state index contributed by atoms with van der Waals surface area (Å²) in [5.74, 6) is -6.88. The van der Waals surface area contributed by atoms with E-state index in [1.54, 1.807) is 76.2 Å². The topological polar surface area (TPSA) is 267 Å². The molecule has 0 unspecified atom stereocenters. The lowest BCUT2D eigenvalue weighted by molar-refractivity contribution is -0.139. The van der Waals surface area contributed by atoms with E-state index in [9.17, 15) is 43.5 Å². The third kappa shape index (κ3) is 18.1. The second-order valence-corrected chi connectivity index (χ2v) is 18.8. The van der Waals surface area contributed by atoms with E-state index in [1.165, 1.54) is 0 Å². The number of aryl methyl sites for hydroxylation is 1. The fourth-order valence-electron chi connectivity index (χ4n) is 7.35. The number of Topliss-reactive ketones (excluding diaryl/α,β-unsaturated/α-hetero) is 1. The number of ether oxygens (including phenoxy) is 1. The molecule has 0 bridgehead atoms. The second-order valence-electron chi connectivity index (χ2n) is 18.8. The zero-order valence-corrected chi connectivity index (χ0v) is 41.3. The molecule has 0 saturated carbocycles. The third-order valence-electron chi connectivity index (χ3n) is 11.3. The van der Waals surface area contributed by atoms with Gasteiger partial charge in [-0.05, 0) is 59.9 Å². The molecule has 376 valence electrons. The van der Waals surface area contributed by atoms with Crippen LogP contribution < -0.4 is 42.5 Å². The van der Waals surface area contributed by atoms with Crippen LogP contribution in [-0.4, -0.2) is 116 Å². The number of unbranched alkanes of at least 4 members (excludes halogenated alkanes) is 1. The highest BCUT2D eigenvalue weighted by molar-refractivity contribution is 6.37. The number of hydrogen-bond donors (Lipinski definition) is 8. The van der Waals surface area contributed by atoms with Crippen LogP contribution in [0.15, 0.2) is 78.9 Å². The quantitative estimate of drug-likeness (QED) is 0.0515. The van der Waals surface area contributed by atoms with Crippen LogP contribution in [-0.2, 0) is 51.3 Å². The minimum Gasteiger partial charge on any atom is -0.394 e. The minimum atomic E-state index is -1.50. The van der Waals surface area contributed by atoms with Crippen LogP contribution in [0.4, 0.5) is 5.69 Å². The van der Waals surface area contributed by atoms with Crippen molar-refractivity contribution in [3.8, 4) is 0 Å². The normalized spacial score (nSPS) is 13.9. The van der Waals surface area contributed by atoms with Crippen molar-refractivity contribution in [3.63, 3.8) is 0 Å². The van der Waals surface area contributed by atoms with Crippen LogP contribution in [0.25, 0.3) is 0 Å². The second kappa shape index (κ2) is 27.4. The number of para-hydroxylation sites is 1. The number of nitrogens with two attached hydrogens (primary N) is 1. The zero-order chi connectivity index (χ0) is 51.4. The summed E-state index contributed by atoms with van der Waals surface area (Å²) >= 11 is 0. The van der Waals surface area contributed by atoms with Gasteiger partial charge in [-0.3, -0.25) is 38.4 Å². The number of nitrogens with zero attached hydrogens (tertiary/aromatic N) is 1. The Kier molecular flexibility index (Phi) is 22.5. The number of aliphatic hydroxyl groups is 1. The van der Waals surface area contributed by atoms with E-state index < -0.39 is 102 Å². The first-order valence-corrected chi connectivity index (χ1v) is 23.3. The molecule has 69 heavy (non-hydrogen) atoms. The Morgan fingerprint density at radius 1 is 0.681 bits per heavy atom. The van der Waals surface area contributed by atoms with E-state index in [1.807, 2.05) is 70.2 Å². The molecule has 6 atom stereocenters. The highest BCUT2D eigenvalue weighted by Gasteiger charge is 2.39. The van der Waals surface area contributed by atoms with Crippen LogP contribution in [0.5, 0.6) is 0 Å². The number of rotatable bonds is 27. The van der Waals surface area contributed by atoms with Crippen molar-refractivity contribution in [2.75, 3.05) is 32.2 Å². The lowest BCUT2D eigenvalue weighted by Crippen LogP contribution is -2.62. The lowest BCUT2D eigenvalue weighted by Gasteiger charge is -2.34. The number of carbonyl (C=O) groups excluding carboxylic acids is 8. The number of hydrogen-bond acceptors (Lipinski definition) is 11. The largest absolute Gasteiger partial charge is 0.394 e. The summed E-state index contributed by atoms with van der Waals surface area (Å²) in [4.78, 5) is 111. The SMILES string of the molecule is CCCC[C@H](NC(=O)[C@H](CC(C)C)NC(=O)[C@@H](NC(=O)[C@H](Cc1ccccc1C)NC(=O)[C@@H](COCc1ccccc1)NC(=O)[C@H](CO)NC(=O)c1ccccc1N(C)C)C(C)(C)C)C(=O)C(N)=O. The molecule has 0 heterocycles. The van der Waals surface area contributed by atoms with Crippen molar-refractivity contribution in [1.82, 2.24) is 31.9 Å². The van der Waals surface area contributed by atoms with Crippen LogP contribution in [0.3, 0.4) is 0 Å². The van der Waals surface area contributed by atoms with Gasteiger partial charge in [-0.1, -0.05) is 121 Å². The molecule has 0 aliphatic rings. The highest BCUT2D eigenvalue weighted by atomic mass is 16.5. The molecule has 0 radical (unpaired) electrons. The Balaban J connectivity index is 1.97. The van der Waals surface area contributed by atoms with E-state index in [0.29, 0.717) is 24.1 Å². The molecule has 3 rings (SSSR count). The number of aliphatic hydroxyl groups excluding tert-OH is 1. The zero-order valence-electron chi connectivity index (χ0n) is 41.3. The molecule has 3 aromatic rings. The predicted octanol–water partition coefficient (Wildman–Crippen LogP) is 2.37. The average molecular weight is 957 g/mol. The highest BCUT2D eigenvalue weighted by Crippen LogP contribution is 2.22. The fraction of sp³-hybridized carbons (Fsp3) is 0.490. The fourth-order valence-corrected chi connectivity index (χ4v) is 7.35. The molecular weight excluding hydrogens is 885 g/mol. The summed E-state index contributed by atoms with van der Waals surface area (Å²) in [6.45, 7) is 11.4. The molecule has 7 amide bonds. The van der Waals surface area contributed by atoms with E-state index in [2.05, 4.69) is 31.9 Å². The van der Waals surface area contributed by atoms with Gasteiger partial charge in [0.25, 0.3) is 11.8 Å². The van der Waals surface area contributed by atoms with Crippen molar-refractivity contribution in [2.24, 2.45) is 17.1 Å². The smallest absolute Gasteiger partial charge is 0.287 e. The molecule has 3 aromatic carbocycles. The van der Waals surface area contributed by atoms with Crippen molar-refractivity contribution in [2.45, 2.75) is 123 Å². The Labute approximate surface area is 405 Å². The minimum absolute atomic E-state index is 0.0497. The average Bonchev–Trinajstić information content (AvgIpc) is 3.30. The molecule has 18 nitrogen and oxygen atoms in total. The first-order chi connectivity index (χ1) is 32.6. The van der Waals surface area contributed by atoms with Gasteiger partial charge in [-0.2, -0.15) is 0 Å². The van der Waals surface area contributed by atoms with Gasteiger partial charge in [-0.15, -0.1) is 0 Å². The Morgan fingerprint density at radius 3 is 1.83 bits per heavy atom. The molecule has 0 aromatic heterocycles. The molecule has 0 aliphatic carbocycles. The molecule has 0 aliphatic heterocycles. The maximum absolute atomic E-state index is 14.6. The Bertz CT molecular complexity index is 2230. The van der Waals surface area contributed by atoms with Crippen molar-refractivity contribution in [3.05, 3.63) is 101 Å². The third-order valence-corrected chi connectivity index (χ3v) is 11.3. The number of amides is 7. The van der Waals surface area contributed by atoms with Gasteiger partial charge >= 0.3 is 0 Å². The van der Waals surface area contributed by atoms with Gasteiger partial charge < -0.3 is 52.4 Å². The number of benzene rings is 3. The number of anilines is 1. The van der Waals surface area contributed by atoms with E-state index in [-0.39, 0.29) is 37.4 Å². The Hall–Kier alpha value is -6.66. The van der Waals surface area contributed by atoms with Gasteiger partial charge in [-0.25, -0.2) is 0 Å². The van der Waals surface area contributed by atoms with Crippen molar-refractivity contribution < 1.29 is 48.2 Å². The van der Waals surface area contributed by atoms with Crippen LogP contribution in [0, 0.1) is 18.3 Å². The maximum Gasteiger partial charge on any atom is 0.287 e. The van der Waals surface area contributed by atoms with Gasteiger partial charge in [0.1, 0.15) is 30.2 Å². The first kappa shape index (κ1) is 56.7. The predicted molar refractivity (Wildman–Crippen MR) is 262 cm³/mol. The molecular formula is C51H72N8O10. The van der Waals surface area contributed by atoms with E-state index in [0.717, 1.165) is 11.1 Å². The van der Waals surface area contributed by atoms with Gasteiger partial charge in [0.15, 0.2) is 0 Å². The summed E-state index contributed by atoms with van der Waals surface area (Å²) in [5, 5.41) is 26.4. The number of primary amides is 1. The first-order valence-electron chi connectivity index (χ1n) is 23.3. The van der Waals surface area contributed by atoms with Crippen molar-refractivity contribution in [1.29, 1.82) is 0 Å². The lowest BCUT2D eigenvalue weighted by atomic mass is 9.85. The monoisotopic (exact) mass is 957 g/mol. The molecule has 18 heteroatoms. The maximum atomic E-state index is 14.6.